The maximum atomic E-state index is 10.2. The molecule has 2 aromatic heterocycles. The van der Waals surface area contributed by atoms with E-state index in [0.29, 0.717) is 5.69 Å². The molecule has 0 unspecified atom stereocenters. The summed E-state index contributed by atoms with van der Waals surface area (Å²) in [5, 5.41) is 21.0. The van der Waals surface area contributed by atoms with E-state index in [2.05, 4.69) is 19.8 Å². The smallest absolute Gasteiger partial charge is 0.328 e. The van der Waals surface area contributed by atoms with Crippen LogP contribution in [0.4, 0.5) is 0 Å². The molecule has 1 N–H and O–H groups in total. The molecule has 0 aromatic carbocycles. The number of aromatic nitrogens is 4. The summed E-state index contributed by atoms with van der Waals surface area (Å²) in [6.07, 6.45) is 2.12. The monoisotopic (exact) mass is 224 g/mol. The van der Waals surface area contributed by atoms with E-state index in [1.54, 1.807) is 5.38 Å². The van der Waals surface area contributed by atoms with E-state index in [4.69, 9.17) is 9.52 Å². The lowest BCUT2D eigenvalue weighted by Gasteiger charge is -1.81. The average molecular weight is 224 g/mol. The third-order valence-electron chi connectivity index (χ3n) is 1.39. The van der Waals surface area contributed by atoms with E-state index < -0.39 is 5.97 Å². The van der Waals surface area contributed by atoms with Gasteiger partial charge in [-0.1, -0.05) is 4.49 Å². The second-order valence-corrected chi connectivity index (χ2v) is 3.02. The van der Waals surface area contributed by atoms with Crippen LogP contribution in [0.5, 0.6) is 0 Å². The minimum Gasteiger partial charge on any atom is -0.478 e. The Morgan fingerprint density at radius 3 is 3.00 bits per heavy atom. The van der Waals surface area contributed by atoms with Gasteiger partial charge in [-0.3, -0.25) is 0 Å². The summed E-state index contributed by atoms with van der Waals surface area (Å²) in [6, 6.07) is 0. The Morgan fingerprint density at radius 1 is 1.47 bits per heavy atom. The van der Waals surface area contributed by atoms with E-state index in [-0.39, 0.29) is 11.8 Å². The molecule has 0 amide bonds. The van der Waals surface area contributed by atoms with Crippen LogP contribution in [-0.2, 0) is 4.79 Å². The van der Waals surface area contributed by atoms with Crippen LogP contribution in [-0.4, -0.2) is 30.9 Å². The van der Waals surface area contributed by atoms with E-state index in [1.807, 2.05) is 0 Å². The highest BCUT2D eigenvalue weighted by molar-refractivity contribution is 7.03. The fourth-order valence-electron chi connectivity index (χ4n) is 0.806. The van der Waals surface area contributed by atoms with Crippen LogP contribution < -0.4 is 0 Å². The van der Waals surface area contributed by atoms with Gasteiger partial charge in [-0.05, 0) is 11.5 Å². The first-order chi connectivity index (χ1) is 7.25. The highest BCUT2D eigenvalue weighted by Gasteiger charge is 2.08. The molecule has 0 saturated heterocycles. The van der Waals surface area contributed by atoms with Crippen molar-refractivity contribution in [2.45, 2.75) is 0 Å². The second-order valence-electron chi connectivity index (χ2n) is 2.41. The molecule has 0 radical (unpaired) electrons. The molecule has 76 valence electrons. The Morgan fingerprint density at radius 2 is 2.33 bits per heavy atom. The predicted molar refractivity (Wildman–Crippen MR) is 49.9 cm³/mol. The Bertz CT molecular complexity index is 490. The van der Waals surface area contributed by atoms with Gasteiger partial charge >= 0.3 is 5.97 Å². The summed E-state index contributed by atoms with van der Waals surface area (Å²) in [5.41, 5.74) is 0.475. The number of hydrogen-bond donors (Lipinski definition) is 1. The van der Waals surface area contributed by atoms with Gasteiger partial charge < -0.3 is 9.52 Å². The summed E-state index contributed by atoms with van der Waals surface area (Å²) < 4.78 is 8.74. The van der Waals surface area contributed by atoms with Gasteiger partial charge in [0.1, 0.15) is 0 Å². The number of rotatable bonds is 3. The van der Waals surface area contributed by atoms with E-state index >= 15 is 0 Å². The van der Waals surface area contributed by atoms with Crippen molar-refractivity contribution >= 4 is 23.6 Å². The van der Waals surface area contributed by atoms with E-state index in [1.165, 1.54) is 6.08 Å². The minimum atomic E-state index is -1.08. The van der Waals surface area contributed by atoms with E-state index in [0.717, 1.165) is 17.6 Å². The molecule has 0 spiro atoms. The number of carboxylic acid groups (broad SMARTS) is 1. The first-order valence-corrected chi connectivity index (χ1v) is 4.61. The van der Waals surface area contributed by atoms with Crippen LogP contribution in [0.15, 0.2) is 15.9 Å². The van der Waals surface area contributed by atoms with Crippen molar-refractivity contribution in [3.05, 3.63) is 17.3 Å². The van der Waals surface area contributed by atoms with Crippen molar-refractivity contribution in [2.24, 2.45) is 0 Å². The van der Waals surface area contributed by atoms with Crippen LogP contribution in [0.25, 0.3) is 17.7 Å². The maximum absolute atomic E-state index is 10.2. The van der Waals surface area contributed by atoms with Gasteiger partial charge in [-0.2, -0.15) is 0 Å². The van der Waals surface area contributed by atoms with Crippen LogP contribution in [0.2, 0.25) is 0 Å². The van der Waals surface area contributed by atoms with Gasteiger partial charge in [0.15, 0.2) is 5.69 Å². The molecule has 0 fully saturated rings. The van der Waals surface area contributed by atoms with Crippen LogP contribution >= 0.6 is 11.5 Å². The molecule has 7 nitrogen and oxygen atoms in total. The molecule has 0 aliphatic rings. The zero-order valence-corrected chi connectivity index (χ0v) is 8.01. The van der Waals surface area contributed by atoms with Gasteiger partial charge in [-0.25, -0.2) is 4.79 Å². The van der Waals surface area contributed by atoms with Crippen molar-refractivity contribution in [1.82, 2.24) is 19.8 Å². The lowest BCUT2D eigenvalue weighted by Crippen LogP contribution is -1.85. The number of aliphatic carboxylic acids is 1. The van der Waals surface area contributed by atoms with Gasteiger partial charge in [0.05, 0.1) is 0 Å². The molecule has 0 atom stereocenters. The number of nitrogens with zero attached hydrogens (tertiary/aromatic N) is 4. The Hall–Kier alpha value is -2.09. The van der Waals surface area contributed by atoms with Crippen molar-refractivity contribution in [3.8, 4) is 11.6 Å². The standard InChI is InChI=1S/C7H4N4O3S/c12-6(13)2-1-5-9-10-7(14-5)4-3-15-11-8-4/h1-3H,(H,12,13)/b2-1+. The van der Waals surface area contributed by atoms with Crippen LogP contribution in [0.1, 0.15) is 5.89 Å². The summed E-state index contributed by atoms with van der Waals surface area (Å²) in [5.74, 6) is -0.751. The largest absolute Gasteiger partial charge is 0.478 e. The first-order valence-electron chi connectivity index (χ1n) is 3.77. The van der Waals surface area contributed by atoms with Gasteiger partial charge in [0.25, 0.3) is 5.89 Å². The maximum Gasteiger partial charge on any atom is 0.328 e. The highest BCUT2D eigenvalue weighted by Crippen LogP contribution is 2.15. The molecule has 0 aliphatic heterocycles. The van der Waals surface area contributed by atoms with E-state index in [9.17, 15) is 4.79 Å². The van der Waals surface area contributed by atoms with Crippen molar-refractivity contribution in [3.63, 3.8) is 0 Å². The lowest BCUT2D eigenvalue weighted by molar-refractivity contribution is -0.131. The number of carbonyl (C=O) groups is 1. The van der Waals surface area contributed by atoms with Gasteiger partial charge in [-0.15, -0.1) is 15.3 Å². The molecule has 0 aliphatic carbocycles. The lowest BCUT2D eigenvalue weighted by atomic mass is 10.5. The predicted octanol–water partition coefficient (Wildman–Crippen LogP) is 0.686. The Balaban J connectivity index is 2.21. The normalized spacial score (nSPS) is 10.9. The Kier molecular flexibility index (Phi) is 2.50. The molecule has 0 bridgehead atoms. The summed E-state index contributed by atoms with van der Waals surface area (Å²) >= 11 is 1.16. The van der Waals surface area contributed by atoms with Crippen molar-refractivity contribution in [2.75, 3.05) is 0 Å². The van der Waals surface area contributed by atoms with Crippen LogP contribution in [0.3, 0.4) is 0 Å². The topological polar surface area (TPSA) is 102 Å². The Labute approximate surface area is 87.2 Å². The third-order valence-corrected chi connectivity index (χ3v) is 1.89. The van der Waals surface area contributed by atoms with Gasteiger partial charge in [0, 0.05) is 17.5 Å². The fourth-order valence-corrected chi connectivity index (χ4v) is 1.24. The van der Waals surface area contributed by atoms with Crippen molar-refractivity contribution < 1.29 is 14.3 Å². The molecule has 2 aromatic rings. The summed E-state index contributed by atoms with van der Waals surface area (Å²) in [6.45, 7) is 0. The summed E-state index contributed by atoms with van der Waals surface area (Å²) in [4.78, 5) is 10.2. The molecule has 15 heavy (non-hydrogen) atoms. The van der Waals surface area contributed by atoms with Crippen molar-refractivity contribution in [1.29, 1.82) is 0 Å². The first kappa shape index (κ1) is 9.46. The van der Waals surface area contributed by atoms with Gasteiger partial charge in [0.2, 0.25) is 5.89 Å². The van der Waals surface area contributed by atoms with Crippen LogP contribution in [0, 0.1) is 0 Å². The summed E-state index contributed by atoms with van der Waals surface area (Å²) in [7, 11) is 0. The molecule has 8 heteroatoms. The molecular weight excluding hydrogens is 220 g/mol. The SMILES string of the molecule is O=C(O)/C=C/c1nnc(-c2csnn2)o1. The average Bonchev–Trinajstić information content (AvgIpc) is 2.85. The zero-order valence-electron chi connectivity index (χ0n) is 7.19. The fraction of sp³-hybridized carbons (Fsp3) is 0. The molecule has 0 saturated carbocycles. The quantitative estimate of drug-likeness (QED) is 0.765. The number of carboxylic acids is 1. The third kappa shape index (κ3) is 2.23. The second kappa shape index (κ2) is 3.96. The minimum absolute atomic E-state index is 0.111. The zero-order chi connectivity index (χ0) is 10.7. The molecule has 2 heterocycles. The highest BCUT2D eigenvalue weighted by atomic mass is 32.1. The molecular formula is C7H4N4O3S. The number of hydrogen-bond acceptors (Lipinski definition) is 7. The molecule has 2 rings (SSSR count).